The van der Waals surface area contributed by atoms with E-state index in [0.717, 1.165) is 64.7 Å². The molecule has 0 spiro atoms. The molecule has 0 amide bonds. The Morgan fingerprint density at radius 3 is 2.69 bits per heavy atom. The van der Waals surface area contributed by atoms with Gasteiger partial charge in [0.15, 0.2) is 5.65 Å². The van der Waals surface area contributed by atoms with Gasteiger partial charge in [0.05, 0.1) is 17.2 Å². The van der Waals surface area contributed by atoms with E-state index in [4.69, 9.17) is 16.3 Å². The number of benzene rings is 2. The molecule has 0 saturated carbocycles. The summed E-state index contributed by atoms with van der Waals surface area (Å²) in [4.78, 5) is 4.55. The molecule has 5 rings (SSSR count). The first-order chi connectivity index (χ1) is 12.8. The molecule has 3 heterocycles. The van der Waals surface area contributed by atoms with Gasteiger partial charge in [-0.15, -0.1) is 10.2 Å². The summed E-state index contributed by atoms with van der Waals surface area (Å²) >= 11 is 6.17. The Labute approximate surface area is 155 Å². The van der Waals surface area contributed by atoms with E-state index in [2.05, 4.69) is 37.8 Å². The number of halogens is 1. The normalized spacial score (nSPS) is 15.7. The van der Waals surface area contributed by atoms with Crippen molar-refractivity contribution in [1.82, 2.24) is 19.6 Å². The van der Waals surface area contributed by atoms with Crippen molar-refractivity contribution in [3.05, 3.63) is 59.5 Å². The highest BCUT2D eigenvalue weighted by Gasteiger charge is 2.22. The van der Waals surface area contributed by atoms with Crippen molar-refractivity contribution in [2.24, 2.45) is 0 Å². The summed E-state index contributed by atoms with van der Waals surface area (Å²) < 4.78 is 7.65. The lowest BCUT2D eigenvalue weighted by molar-refractivity contribution is 0.0834. The Balaban J connectivity index is 1.72. The van der Waals surface area contributed by atoms with E-state index in [0.29, 0.717) is 5.92 Å². The minimum atomic E-state index is 0.360. The van der Waals surface area contributed by atoms with Gasteiger partial charge in [-0.25, -0.2) is 0 Å². The van der Waals surface area contributed by atoms with Crippen molar-refractivity contribution in [3.63, 3.8) is 0 Å². The predicted molar refractivity (Wildman–Crippen MR) is 102 cm³/mol. The lowest BCUT2D eigenvalue weighted by atomic mass is 9.99. The zero-order valence-electron chi connectivity index (χ0n) is 14.1. The number of fused-ring (bicyclic) bond motifs is 3. The summed E-state index contributed by atoms with van der Waals surface area (Å²) in [7, 11) is 0. The maximum atomic E-state index is 6.17. The van der Waals surface area contributed by atoms with Crippen molar-refractivity contribution in [2.45, 2.75) is 18.8 Å². The van der Waals surface area contributed by atoms with Crippen LogP contribution < -0.4 is 0 Å². The largest absolute Gasteiger partial charge is 0.381 e. The molecular weight excluding hydrogens is 348 g/mol. The fraction of sp³-hybridized carbons (Fsp3) is 0.250. The molecule has 0 N–H and O–H groups in total. The fourth-order valence-corrected chi connectivity index (χ4v) is 3.84. The average molecular weight is 365 g/mol. The molecule has 2 aromatic heterocycles. The summed E-state index contributed by atoms with van der Waals surface area (Å²) in [5, 5.41) is 9.56. The van der Waals surface area contributed by atoms with Gasteiger partial charge in [0.2, 0.25) is 0 Å². The van der Waals surface area contributed by atoms with Gasteiger partial charge in [0.25, 0.3) is 0 Å². The van der Waals surface area contributed by atoms with E-state index in [9.17, 15) is 0 Å². The lowest BCUT2D eigenvalue weighted by Crippen LogP contribution is -2.16. The van der Waals surface area contributed by atoms with Crippen molar-refractivity contribution in [2.75, 3.05) is 13.2 Å². The van der Waals surface area contributed by atoms with Crippen LogP contribution >= 0.6 is 11.6 Å². The third-order valence-corrected chi connectivity index (χ3v) is 5.23. The topological polar surface area (TPSA) is 52.3 Å². The van der Waals surface area contributed by atoms with E-state index >= 15 is 0 Å². The predicted octanol–water partition coefficient (Wildman–Crippen LogP) is 4.49. The summed E-state index contributed by atoms with van der Waals surface area (Å²) in [5.74, 6) is 1.36. The molecule has 0 bridgehead atoms. The van der Waals surface area contributed by atoms with Crippen LogP contribution in [0.2, 0.25) is 5.02 Å². The molecule has 0 unspecified atom stereocenters. The van der Waals surface area contributed by atoms with Crippen LogP contribution in [0.15, 0.2) is 48.7 Å². The molecule has 0 aliphatic carbocycles. The van der Waals surface area contributed by atoms with E-state index < -0.39 is 0 Å². The molecule has 1 aliphatic heterocycles. The molecule has 26 heavy (non-hydrogen) atoms. The highest BCUT2D eigenvalue weighted by molar-refractivity contribution is 6.30. The van der Waals surface area contributed by atoms with Crippen LogP contribution in [-0.4, -0.2) is 32.8 Å². The smallest absolute Gasteiger partial charge is 0.179 e. The number of hydrogen-bond acceptors (Lipinski definition) is 4. The number of nitrogens with zero attached hydrogens (tertiary/aromatic N) is 4. The second kappa shape index (κ2) is 6.34. The summed E-state index contributed by atoms with van der Waals surface area (Å²) in [6.07, 6.45) is 3.73. The fourth-order valence-electron chi connectivity index (χ4n) is 3.65. The van der Waals surface area contributed by atoms with Crippen LogP contribution in [0.5, 0.6) is 0 Å². The summed E-state index contributed by atoms with van der Waals surface area (Å²) in [6, 6.07) is 14.1. The van der Waals surface area contributed by atoms with Crippen molar-refractivity contribution in [3.8, 4) is 11.1 Å². The molecule has 0 radical (unpaired) electrons. The number of aromatic nitrogens is 4. The summed E-state index contributed by atoms with van der Waals surface area (Å²) in [6.45, 7) is 1.55. The van der Waals surface area contributed by atoms with E-state index in [-0.39, 0.29) is 0 Å². The zero-order valence-corrected chi connectivity index (χ0v) is 14.9. The monoisotopic (exact) mass is 364 g/mol. The van der Waals surface area contributed by atoms with Gasteiger partial charge in [0, 0.05) is 24.2 Å². The van der Waals surface area contributed by atoms with E-state index in [1.165, 1.54) is 0 Å². The first-order valence-corrected chi connectivity index (χ1v) is 9.15. The van der Waals surface area contributed by atoms with Crippen molar-refractivity contribution in [1.29, 1.82) is 0 Å². The highest BCUT2D eigenvalue weighted by atomic mass is 35.5. The first kappa shape index (κ1) is 15.7. The van der Waals surface area contributed by atoms with Crippen LogP contribution in [0.3, 0.4) is 0 Å². The SMILES string of the molecule is Clc1cccc(-c2ccc3ncc4nnc(C5CCOCC5)n4c3c2)c1. The first-order valence-electron chi connectivity index (χ1n) is 8.77. The molecule has 1 aliphatic rings. The molecule has 1 saturated heterocycles. The maximum absolute atomic E-state index is 6.17. The number of hydrogen-bond donors (Lipinski definition) is 0. The lowest BCUT2D eigenvalue weighted by Gasteiger charge is -2.20. The van der Waals surface area contributed by atoms with Crippen molar-refractivity contribution < 1.29 is 4.74 Å². The summed E-state index contributed by atoms with van der Waals surface area (Å²) in [5.41, 5.74) is 4.91. The van der Waals surface area contributed by atoms with Gasteiger partial charge in [-0.05, 0) is 48.2 Å². The Hall–Kier alpha value is -2.50. The molecule has 2 aromatic carbocycles. The quantitative estimate of drug-likeness (QED) is 0.525. The second-order valence-electron chi connectivity index (χ2n) is 6.61. The van der Waals surface area contributed by atoms with Gasteiger partial charge >= 0.3 is 0 Å². The van der Waals surface area contributed by atoms with Crippen LogP contribution in [-0.2, 0) is 4.74 Å². The zero-order chi connectivity index (χ0) is 17.5. The highest BCUT2D eigenvalue weighted by Crippen LogP contribution is 2.30. The van der Waals surface area contributed by atoms with Gasteiger partial charge in [-0.3, -0.25) is 9.38 Å². The van der Waals surface area contributed by atoms with Crippen LogP contribution in [0.4, 0.5) is 0 Å². The molecule has 1 fully saturated rings. The average Bonchev–Trinajstić information content (AvgIpc) is 3.13. The van der Waals surface area contributed by atoms with E-state index in [1.807, 2.05) is 24.3 Å². The molecule has 0 atom stereocenters. The van der Waals surface area contributed by atoms with Crippen LogP contribution in [0.1, 0.15) is 24.6 Å². The van der Waals surface area contributed by atoms with Crippen molar-refractivity contribution >= 4 is 28.3 Å². The molecule has 130 valence electrons. The third kappa shape index (κ3) is 2.64. The third-order valence-electron chi connectivity index (χ3n) is 4.99. The molecular formula is C20H17ClN4O. The Bertz CT molecular complexity index is 1100. The number of ether oxygens (including phenoxy) is 1. The van der Waals surface area contributed by atoms with Crippen LogP contribution in [0, 0.1) is 0 Å². The Morgan fingerprint density at radius 2 is 1.85 bits per heavy atom. The molecule has 6 heteroatoms. The van der Waals surface area contributed by atoms with Gasteiger partial charge in [-0.1, -0.05) is 29.8 Å². The number of rotatable bonds is 2. The standard InChI is InChI=1S/C20H17ClN4O/c21-16-3-1-2-14(10-16)15-4-5-17-18(11-15)25-19(12-22-17)23-24-20(25)13-6-8-26-9-7-13/h1-5,10-13H,6-9H2. The van der Waals surface area contributed by atoms with Gasteiger partial charge < -0.3 is 4.74 Å². The minimum Gasteiger partial charge on any atom is -0.381 e. The van der Waals surface area contributed by atoms with Gasteiger partial charge in [0.1, 0.15) is 5.82 Å². The second-order valence-corrected chi connectivity index (χ2v) is 7.05. The Morgan fingerprint density at radius 1 is 1.00 bits per heavy atom. The maximum Gasteiger partial charge on any atom is 0.179 e. The van der Waals surface area contributed by atoms with Crippen LogP contribution in [0.25, 0.3) is 27.8 Å². The van der Waals surface area contributed by atoms with Gasteiger partial charge in [-0.2, -0.15) is 0 Å². The molecule has 4 aromatic rings. The Kier molecular flexibility index (Phi) is 3.84. The minimum absolute atomic E-state index is 0.360. The molecule has 5 nitrogen and oxygen atoms in total. The van der Waals surface area contributed by atoms with E-state index in [1.54, 1.807) is 6.20 Å².